The van der Waals surface area contributed by atoms with Crippen molar-refractivity contribution in [2.45, 2.75) is 6.54 Å². The van der Waals surface area contributed by atoms with E-state index in [1.54, 1.807) is 29.1 Å². The molecule has 14 heavy (non-hydrogen) atoms. The molecule has 0 atom stereocenters. The molecule has 0 saturated carbocycles. The molecular weight excluding hydrogens is 200 g/mol. The number of nitrogens with zero attached hydrogens (tertiary/aromatic N) is 2. The van der Waals surface area contributed by atoms with Crippen LogP contribution in [0.2, 0.25) is 0 Å². The number of aromatic carboxylic acids is 1. The molecule has 0 radical (unpaired) electrons. The first kappa shape index (κ1) is 8.96. The maximum absolute atomic E-state index is 10.8. The molecule has 0 aliphatic rings. The highest BCUT2D eigenvalue weighted by molar-refractivity contribution is 7.09. The van der Waals surface area contributed by atoms with Crippen molar-refractivity contribution < 1.29 is 9.90 Å². The molecule has 0 amide bonds. The molecule has 4 nitrogen and oxygen atoms in total. The zero-order valence-electron chi connectivity index (χ0n) is 7.25. The maximum Gasteiger partial charge on any atom is 0.352 e. The summed E-state index contributed by atoms with van der Waals surface area (Å²) in [6, 6.07) is 3.30. The molecule has 2 aromatic heterocycles. The van der Waals surface area contributed by atoms with Crippen molar-refractivity contribution >= 4 is 17.3 Å². The summed E-state index contributed by atoms with van der Waals surface area (Å²) >= 11 is 1.52. The standard InChI is InChI=1S/C9H8N2O2S/c12-9(13)7-2-1-4-11(7)6-8-10-3-5-14-8/h1-5H,6H2,(H,12,13). The van der Waals surface area contributed by atoms with Crippen molar-refractivity contribution in [3.05, 3.63) is 40.6 Å². The van der Waals surface area contributed by atoms with Gasteiger partial charge in [0.15, 0.2) is 0 Å². The third-order valence-electron chi connectivity index (χ3n) is 1.84. The Morgan fingerprint density at radius 3 is 3.14 bits per heavy atom. The van der Waals surface area contributed by atoms with E-state index in [9.17, 15) is 4.79 Å². The Morgan fingerprint density at radius 2 is 2.50 bits per heavy atom. The molecule has 0 aliphatic heterocycles. The van der Waals surface area contributed by atoms with Gasteiger partial charge in [0.25, 0.3) is 0 Å². The summed E-state index contributed by atoms with van der Waals surface area (Å²) < 4.78 is 1.67. The van der Waals surface area contributed by atoms with Gasteiger partial charge in [0.1, 0.15) is 10.7 Å². The van der Waals surface area contributed by atoms with Crippen LogP contribution in [-0.4, -0.2) is 20.6 Å². The monoisotopic (exact) mass is 208 g/mol. The lowest BCUT2D eigenvalue weighted by molar-refractivity contribution is 0.0685. The molecular formula is C9H8N2O2S. The Balaban J connectivity index is 2.25. The molecule has 0 aromatic carbocycles. The fourth-order valence-corrected chi connectivity index (χ4v) is 1.84. The molecule has 5 heteroatoms. The predicted octanol–water partition coefficient (Wildman–Crippen LogP) is 1.69. The first-order valence-corrected chi connectivity index (χ1v) is 4.92. The number of hydrogen-bond donors (Lipinski definition) is 1. The number of aromatic nitrogens is 2. The van der Waals surface area contributed by atoms with Crippen molar-refractivity contribution in [1.82, 2.24) is 9.55 Å². The summed E-state index contributed by atoms with van der Waals surface area (Å²) in [4.78, 5) is 14.9. The van der Waals surface area contributed by atoms with E-state index in [4.69, 9.17) is 5.11 Å². The van der Waals surface area contributed by atoms with Crippen LogP contribution in [0.4, 0.5) is 0 Å². The van der Waals surface area contributed by atoms with Crippen molar-refractivity contribution in [2.75, 3.05) is 0 Å². The van der Waals surface area contributed by atoms with Crippen molar-refractivity contribution in [1.29, 1.82) is 0 Å². The Bertz CT molecular complexity index is 433. The first-order valence-electron chi connectivity index (χ1n) is 4.04. The number of hydrogen-bond acceptors (Lipinski definition) is 3. The average Bonchev–Trinajstić information content (AvgIpc) is 2.75. The summed E-state index contributed by atoms with van der Waals surface area (Å²) in [6.45, 7) is 0.520. The minimum Gasteiger partial charge on any atom is -0.477 e. The lowest BCUT2D eigenvalue weighted by Crippen LogP contribution is -2.08. The summed E-state index contributed by atoms with van der Waals surface area (Å²) in [6.07, 6.45) is 3.45. The van der Waals surface area contributed by atoms with Gasteiger partial charge in [0, 0.05) is 17.8 Å². The quantitative estimate of drug-likeness (QED) is 0.835. The Morgan fingerprint density at radius 1 is 1.64 bits per heavy atom. The van der Waals surface area contributed by atoms with Crippen LogP contribution >= 0.6 is 11.3 Å². The van der Waals surface area contributed by atoms with Gasteiger partial charge in [-0.25, -0.2) is 9.78 Å². The van der Waals surface area contributed by atoms with E-state index in [1.165, 1.54) is 11.3 Å². The van der Waals surface area contributed by atoms with Crippen LogP contribution in [-0.2, 0) is 6.54 Å². The Kier molecular flexibility index (Phi) is 2.32. The zero-order chi connectivity index (χ0) is 9.97. The van der Waals surface area contributed by atoms with Crippen LogP contribution in [0.3, 0.4) is 0 Å². The molecule has 0 bridgehead atoms. The largest absolute Gasteiger partial charge is 0.477 e. The van der Waals surface area contributed by atoms with Gasteiger partial charge in [-0.3, -0.25) is 0 Å². The van der Waals surface area contributed by atoms with Crippen LogP contribution < -0.4 is 0 Å². The van der Waals surface area contributed by atoms with Crippen molar-refractivity contribution in [3.63, 3.8) is 0 Å². The topological polar surface area (TPSA) is 55.1 Å². The highest BCUT2D eigenvalue weighted by Gasteiger charge is 2.09. The lowest BCUT2D eigenvalue weighted by atomic mass is 10.4. The smallest absolute Gasteiger partial charge is 0.352 e. The van der Waals surface area contributed by atoms with E-state index >= 15 is 0 Å². The van der Waals surface area contributed by atoms with Crippen LogP contribution in [0.15, 0.2) is 29.9 Å². The van der Waals surface area contributed by atoms with E-state index in [2.05, 4.69) is 4.98 Å². The summed E-state index contributed by atoms with van der Waals surface area (Å²) in [5, 5.41) is 11.6. The predicted molar refractivity (Wildman–Crippen MR) is 52.6 cm³/mol. The molecule has 2 rings (SSSR count). The van der Waals surface area contributed by atoms with Gasteiger partial charge < -0.3 is 9.67 Å². The molecule has 0 fully saturated rings. The fraction of sp³-hybridized carbons (Fsp3) is 0.111. The summed E-state index contributed by atoms with van der Waals surface area (Å²) in [5.41, 5.74) is 0.292. The summed E-state index contributed by atoms with van der Waals surface area (Å²) in [5.74, 6) is -0.911. The second-order valence-corrected chi connectivity index (χ2v) is 3.73. The van der Waals surface area contributed by atoms with Gasteiger partial charge >= 0.3 is 5.97 Å². The SMILES string of the molecule is O=C(O)c1cccn1Cc1nccs1. The van der Waals surface area contributed by atoms with E-state index in [0.717, 1.165) is 5.01 Å². The maximum atomic E-state index is 10.8. The van der Waals surface area contributed by atoms with Gasteiger partial charge in [-0.05, 0) is 12.1 Å². The van der Waals surface area contributed by atoms with Gasteiger partial charge in [0.2, 0.25) is 0 Å². The number of carbonyl (C=O) groups is 1. The highest BCUT2D eigenvalue weighted by Crippen LogP contribution is 2.09. The third kappa shape index (κ3) is 1.67. The van der Waals surface area contributed by atoms with E-state index in [0.29, 0.717) is 12.2 Å². The molecule has 0 unspecified atom stereocenters. The van der Waals surface area contributed by atoms with Crippen LogP contribution in [0, 0.1) is 0 Å². The molecule has 2 heterocycles. The second kappa shape index (κ2) is 3.63. The van der Waals surface area contributed by atoms with E-state index in [-0.39, 0.29) is 0 Å². The van der Waals surface area contributed by atoms with Crippen molar-refractivity contribution in [2.24, 2.45) is 0 Å². The number of thiazole rings is 1. The number of carboxylic acids is 1. The minimum atomic E-state index is -0.911. The fourth-order valence-electron chi connectivity index (χ4n) is 1.22. The average molecular weight is 208 g/mol. The van der Waals surface area contributed by atoms with Crippen molar-refractivity contribution in [3.8, 4) is 0 Å². The van der Waals surface area contributed by atoms with Gasteiger partial charge in [-0.2, -0.15) is 0 Å². The molecule has 1 N–H and O–H groups in total. The minimum absolute atomic E-state index is 0.292. The Labute approximate surface area is 84.5 Å². The molecule has 0 saturated heterocycles. The normalized spacial score (nSPS) is 10.3. The number of carboxylic acid groups (broad SMARTS) is 1. The molecule has 72 valence electrons. The molecule has 0 aliphatic carbocycles. The van der Waals surface area contributed by atoms with Gasteiger partial charge in [0.05, 0.1) is 6.54 Å². The number of rotatable bonds is 3. The van der Waals surface area contributed by atoms with Crippen LogP contribution in [0.1, 0.15) is 15.5 Å². The first-order chi connectivity index (χ1) is 6.77. The summed E-state index contributed by atoms with van der Waals surface area (Å²) in [7, 11) is 0. The second-order valence-electron chi connectivity index (χ2n) is 2.75. The molecule has 0 spiro atoms. The van der Waals surface area contributed by atoms with Crippen LogP contribution in [0.25, 0.3) is 0 Å². The third-order valence-corrected chi connectivity index (χ3v) is 2.60. The zero-order valence-corrected chi connectivity index (χ0v) is 8.07. The Hall–Kier alpha value is -1.62. The highest BCUT2D eigenvalue weighted by atomic mass is 32.1. The van der Waals surface area contributed by atoms with Gasteiger partial charge in [-0.15, -0.1) is 11.3 Å². The van der Waals surface area contributed by atoms with Gasteiger partial charge in [-0.1, -0.05) is 0 Å². The van der Waals surface area contributed by atoms with E-state index < -0.39 is 5.97 Å². The molecule has 2 aromatic rings. The lowest BCUT2D eigenvalue weighted by Gasteiger charge is -2.02. The van der Waals surface area contributed by atoms with Crippen LogP contribution in [0.5, 0.6) is 0 Å². The van der Waals surface area contributed by atoms with E-state index in [1.807, 2.05) is 5.38 Å².